The Morgan fingerprint density at radius 1 is 1.21 bits per heavy atom. The van der Waals surface area contributed by atoms with Crippen LogP contribution in [0, 0.1) is 17.8 Å². The number of aromatic nitrogens is 2. The molecule has 1 saturated carbocycles. The molecule has 1 aromatic rings. The van der Waals surface area contributed by atoms with Gasteiger partial charge >= 0.3 is 0 Å². The molecule has 2 heterocycles. The summed E-state index contributed by atoms with van der Waals surface area (Å²) in [6.45, 7) is 0.392. The van der Waals surface area contributed by atoms with Crippen molar-refractivity contribution in [3.8, 4) is 0 Å². The number of nitrogens with zero attached hydrogens (tertiary/aromatic N) is 2. The first-order valence-corrected chi connectivity index (χ1v) is 9.18. The van der Waals surface area contributed by atoms with Crippen molar-refractivity contribution in [1.82, 2.24) is 9.97 Å². The van der Waals surface area contributed by atoms with Gasteiger partial charge in [-0.2, -0.15) is 0 Å². The molecule has 0 aromatic carbocycles. The van der Waals surface area contributed by atoms with E-state index in [1.807, 2.05) is 0 Å². The maximum Gasteiger partial charge on any atom is 0.150 e. The monoisotopic (exact) mass is 298 g/mol. The van der Waals surface area contributed by atoms with Crippen molar-refractivity contribution in [2.75, 3.05) is 18.9 Å². The van der Waals surface area contributed by atoms with Crippen molar-refractivity contribution in [2.45, 2.75) is 25.7 Å². The second kappa shape index (κ2) is 6.03. The van der Waals surface area contributed by atoms with Gasteiger partial charge in [0.1, 0.15) is 0 Å². The zero-order valence-corrected chi connectivity index (χ0v) is 12.7. The number of aliphatic hydroxyl groups excluding tert-OH is 1. The van der Waals surface area contributed by atoms with Gasteiger partial charge in [-0.25, -0.2) is 9.97 Å². The zero-order valence-electron chi connectivity index (χ0n) is 11.0. The summed E-state index contributed by atoms with van der Waals surface area (Å²) >= 11 is 5.83. The van der Waals surface area contributed by atoms with Crippen molar-refractivity contribution < 1.29 is 5.11 Å². The van der Waals surface area contributed by atoms with Gasteiger partial charge < -0.3 is 5.11 Å². The second-order valence-electron chi connectivity index (χ2n) is 5.81. The summed E-state index contributed by atoms with van der Waals surface area (Å²) in [5.74, 6) is 2.29. The van der Waals surface area contributed by atoms with Crippen molar-refractivity contribution >= 4 is 25.1 Å². The van der Waals surface area contributed by atoms with Gasteiger partial charge in [-0.3, -0.25) is 0 Å². The third-order valence-corrected chi connectivity index (χ3v) is 7.03. The first kappa shape index (κ1) is 13.7. The van der Waals surface area contributed by atoms with E-state index in [0.29, 0.717) is 17.5 Å². The highest BCUT2D eigenvalue weighted by atomic mass is 35.5. The molecular weight excluding hydrogens is 279 g/mol. The molecule has 0 amide bonds. The fourth-order valence-electron chi connectivity index (χ4n) is 3.09. The Balaban J connectivity index is 1.48. The predicted molar refractivity (Wildman–Crippen MR) is 79.4 cm³/mol. The molecule has 5 heteroatoms. The molecule has 3 nitrogen and oxygen atoms in total. The standard InChI is InChI=1S/C14H20ClN2OP/c15-13-7-16-14(17-8-13)19-3-1-10(2-4-19)5-11-6-12(11)9-18/h7-8,10-12,18H,1-6,9H2. The van der Waals surface area contributed by atoms with Crippen molar-refractivity contribution in [2.24, 2.45) is 17.8 Å². The Morgan fingerprint density at radius 3 is 2.47 bits per heavy atom. The van der Waals surface area contributed by atoms with Crippen LogP contribution in [-0.2, 0) is 0 Å². The lowest BCUT2D eigenvalue weighted by molar-refractivity contribution is 0.262. The minimum Gasteiger partial charge on any atom is -0.396 e. The summed E-state index contributed by atoms with van der Waals surface area (Å²) in [4.78, 5) is 8.76. The fourth-order valence-corrected chi connectivity index (χ4v) is 5.61. The molecule has 1 aliphatic heterocycles. The number of hydrogen-bond acceptors (Lipinski definition) is 3. The first-order valence-electron chi connectivity index (χ1n) is 7.09. The molecule has 3 rings (SSSR count). The molecule has 1 saturated heterocycles. The quantitative estimate of drug-likeness (QED) is 0.869. The van der Waals surface area contributed by atoms with Gasteiger partial charge in [0, 0.05) is 19.0 Å². The molecule has 0 radical (unpaired) electrons. The maximum absolute atomic E-state index is 9.09. The summed E-state index contributed by atoms with van der Waals surface area (Å²) in [5, 5.41) is 9.72. The summed E-state index contributed by atoms with van der Waals surface area (Å²) in [7, 11) is -0.155. The number of rotatable bonds is 4. The lowest BCUT2D eigenvalue weighted by atomic mass is 9.95. The molecule has 1 N–H and O–H groups in total. The van der Waals surface area contributed by atoms with Crippen LogP contribution >= 0.6 is 19.5 Å². The smallest absolute Gasteiger partial charge is 0.150 e. The third kappa shape index (κ3) is 3.45. The van der Waals surface area contributed by atoms with Crippen molar-refractivity contribution in [1.29, 1.82) is 0 Å². The van der Waals surface area contributed by atoms with Crippen LogP contribution in [0.2, 0.25) is 5.02 Å². The molecule has 2 unspecified atom stereocenters. The topological polar surface area (TPSA) is 46.0 Å². The molecule has 2 fully saturated rings. The fraction of sp³-hybridized carbons (Fsp3) is 0.714. The SMILES string of the molecule is OCC1CC1CC1CCP(c2ncc(Cl)cn2)CC1. The predicted octanol–water partition coefficient (Wildman–Crippen LogP) is 2.67. The average molecular weight is 299 g/mol. The highest BCUT2D eigenvalue weighted by Crippen LogP contribution is 2.48. The van der Waals surface area contributed by atoms with Crippen LogP contribution in [0.15, 0.2) is 12.4 Å². The normalized spacial score (nSPS) is 34.2. The van der Waals surface area contributed by atoms with Gasteiger partial charge in [-0.1, -0.05) is 11.6 Å². The van der Waals surface area contributed by atoms with Crippen molar-refractivity contribution in [3.05, 3.63) is 17.4 Å². The molecule has 104 valence electrons. The summed E-state index contributed by atoms with van der Waals surface area (Å²) in [6, 6.07) is 0. The largest absolute Gasteiger partial charge is 0.396 e. The van der Waals surface area contributed by atoms with Gasteiger partial charge in [-0.15, -0.1) is 0 Å². The highest BCUT2D eigenvalue weighted by molar-refractivity contribution is 7.65. The van der Waals surface area contributed by atoms with Gasteiger partial charge in [0.25, 0.3) is 0 Å². The molecule has 2 aliphatic rings. The van der Waals surface area contributed by atoms with Gasteiger partial charge in [-0.05, 0) is 63.7 Å². The Kier molecular flexibility index (Phi) is 4.36. The van der Waals surface area contributed by atoms with Crippen LogP contribution < -0.4 is 5.57 Å². The lowest BCUT2D eigenvalue weighted by Gasteiger charge is -2.27. The van der Waals surface area contributed by atoms with Crippen LogP contribution in [-0.4, -0.2) is 34.0 Å². The Bertz CT molecular complexity index is 420. The lowest BCUT2D eigenvalue weighted by Crippen LogP contribution is -2.21. The highest BCUT2D eigenvalue weighted by Gasteiger charge is 2.38. The second-order valence-corrected chi connectivity index (χ2v) is 8.62. The molecule has 1 aromatic heterocycles. The Labute approximate surface area is 120 Å². The first-order chi connectivity index (χ1) is 9.26. The van der Waals surface area contributed by atoms with E-state index in [2.05, 4.69) is 9.97 Å². The van der Waals surface area contributed by atoms with E-state index in [9.17, 15) is 0 Å². The molecule has 2 atom stereocenters. The van der Waals surface area contributed by atoms with Gasteiger partial charge in [0.15, 0.2) is 5.57 Å². The zero-order chi connectivity index (χ0) is 13.2. The number of aliphatic hydroxyl groups is 1. The van der Waals surface area contributed by atoms with Gasteiger partial charge in [0.05, 0.1) is 5.02 Å². The Morgan fingerprint density at radius 2 is 1.89 bits per heavy atom. The van der Waals surface area contributed by atoms with E-state index in [0.717, 1.165) is 17.4 Å². The maximum atomic E-state index is 9.09. The third-order valence-electron chi connectivity index (χ3n) is 4.44. The molecule has 0 bridgehead atoms. The van der Waals surface area contributed by atoms with E-state index in [-0.39, 0.29) is 7.92 Å². The van der Waals surface area contributed by atoms with Crippen LogP contribution in [0.3, 0.4) is 0 Å². The minimum atomic E-state index is -0.155. The van der Waals surface area contributed by atoms with E-state index >= 15 is 0 Å². The molecule has 0 spiro atoms. The minimum absolute atomic E-state index is 0.155. The van der Waals surface area contributed by atoms with E-state index in [4.69, 9.17) is 16.7 Å². The van der Waals surface area contributed by atoms with Crippen LogP contribution in [0.25, 0.3) is 0 Å². The van der Waals surface area contributed by atoms with Crippen molar-refractivity contribution in [3.63, 3.8) is 0 Å². The molecular formula is C14H20ClN2OP. The van der Waals surface area contributed by atoms with Crippen LogP contribution in [0.5, 0.6) is 0 Å². The number of hydrogen-bond donors (Lipinski definition) is 1. The van der Waals surface area contributed by atoms with E-state index in [1.165, 1.54) is 38.0 Å². The summed E-state index contributed by atoms with van der Waals surface area (Å²) in [6.07, 6.45) is 11.2. The summed E-state index contributed by atoms with van der Waals surface area (Å²) < 4.78 is 0. The summed E-state index contributed by atoms with van der Waals surface area (Å²) in [5.41, 5.74) is 1.03. The average Bonchev–Trinajstić information content (AvgIpc) is 3.19. The molecule has 1 aliphatic carbocycles. The van der Waals surface area contributed by atoms with Crippen LogP contribution in [0.1, 0.15) is 25.7 Å². The number of halogens is 1. The van der Waals surface area contributed by atoms with E-state index < -0.39 is 0 Å². The van der Waals surface area contributed by atoms with Gasteiger partial charge in [0.2, 0.25) is 0 Å². The van der Waals surface area contributed by atoms with E-state index in [1.54, 1.807) is 12.4 Å². The van der Waals surface area contributed by atoms with Crippen LogP contribution in [0.4, 0.5) is 0 Å². The molecule has 19 heavy (non-hydrogen) atoms. The Hall–Kier alpha value is -0.240.